The molecule has 0 saturated carbocycles. The Labute approximate surface area is 151 Å². The smallest absolute Gasteiger partial charge is 0.337 e. The van der Waals surface area contributed by atoms with Gasteiger partial charge >= 0.3 is 5.97 Å². The largest absolute Gasteiger partial charge is 0.465 e. The standard InChI is InChI=1S/C20H20N2O4/c1-26-20(25)15-7-9-17(10-8-15)22-13-16(11-18(22)23)19(24)21-12-14-5-3-2-4-6-14/h2-10,16H,11-13H2,1H3,(H,21,24). The highest BCUT2D eigenvalue weighted by Crippen LogP contribution is 2.25. The second-order valence-corrected chi connectivity index (χ2v) is 6.15. The highest BCUT2D eigenvalue weighted by Gasteiger charge is 2.35. The molecule has 1 saturated heterocycles. The van der Waals surface area contributed by atoms with Gasteiger partial charge in [0.15, 0.2) is 0 Å². The summed E-state index contributed by atoms with van der Waals surface area (Å²) in [7, 11) is 1.32. The summed E-state index contributed by atoms with van der Waals surface area (Å²) in [4.78, 5) is 37.7. The lowest BCUT2D eigenvalue weighted by molar-refractivity contribution is -0.126. The summed E-state index contributed by atoms with van der Waals surface area (Å²) < 4.78 is 4.66. The van der Waals surface area contributed by atoms with Gasteiger partial charge in [-0.2, -0.15) is 0 Å². The van der Waals surface area contributed by atoms with Crippen molar-refractivity contribution >= 4 is 23.5 Å². The molecule has 1 aliphatic rings. The number of amides is 2. The van der Waals surface area contributed by atoms with Gasteiger partial charge in [0.05, 0.1) is 18.6 Å². The molecule has 1 N–H and O–H groups in total. The predicted molar refractivity (Wildman–Crippen MR) is 96.5 cm³/mol. The van der Waals surface area contributed by atoms with Crippen molar-refractivity contribution in [2.45, 2.75) is 13.0 Å². The van der Waals surface area contributed by atoms with E-state index in [0.29, 0.717) is 24.3 Å². The van der Waals surface area contributed by atoms with Crippen LogP contribution in [0.15, 0.2) is 54.6 Å². The third kappa shape index (κ3) is 3.91. The lowest BCUT2D eigenvalue weighted by atomic mass is 10.1. The molecule has 1 heterocycles. The molecule has 1 unspecified atom stereocenters. The molecule has 134 valence electrons. The highest BCUT2D eigenvalue weighted by atomic mass is 16.5. The van der Waals surface area contributed by atoms with Crippen molar-refractivity contribution in [1.29, 1.82) is 0 Å². The first kappa shape index (κ1) is 17.7. The van der Waals surface area contributed by atoms with E-state index in [2.05, 4.69) is 10.1 Å². The van der Waals surface area contributed by atoms with Crippen molar-refractivity contribution in [2.75, 3.05) is 18.6 Å². The van der Waals surface area contributed by atoms with Crippen LogP contribution in [0.5, 0.6) is 0 Å². The van der Waals surface area contributed by atoms with Gasteiger partial charge in [0.2, 0.25) is 11.8 Å². The lowest BCUT2D eigenvalue weighted by Gasteiger charge is -2.17. The fourth-order valence-electron chi connectivity index (χ4n) is 2.96. The number of esters is 1. The zero-order valence-electron chi connectivity index (χ0n) is 14.5. The normalized spacial score (nSPS) is 16.4. The number of ether oxygens (including phenoxy) is 1. The van der Waals surface area contributed by atoms with E-state index >= 15 is 0 Å². The second kappa shape index (κ2) is 7.82. The third-order valence-electron chi connectivity index (χ3n) is 4.41. The van der Waals surface area contributed by atoms with Crippen molar-refractivity contribution < 1.29 is 19.1 Å². The highest BCUT2D eigenvalue weighted by molar-refractivity contribution is 6.00. The maximum Gasteiger partial charge on any atom is 0.337 e. The molecule has 0 aromatic heterocycles. The lowest BCUT2D eigenvalue weighted by Crippen LogP contribution is -2.32. The monoisotopic (exact) mass is 352 g/mol. The fourth-order valence-corrected chi connectivity index (χ4v) is 2.96. The van der Waals surface area contributed by atoms with E-state index in [0.717, 1.165) is 5.56 Å². The number of hydrogen-bond donors (Lipinski definition) is 1. The molecule has 0 bridgehead atoms. The molecule has 26 heavy (non-hydrogen) atoms. The van der Waals surface area contributed by atoms with E-state index in [9.17, 15) is 14.4 Å². The molecule has 1 aliphatic heterocycles. The second-order valence-electron chi connectivity index (χ2n) is 6.15. The van der Waals surface area contributed by atoms with Gasteiger partial charge in [-0.15, -0.1) is 0 Å². The molecular weight excluding hydrogens is 332 g/mol. The molecule has 3 rings (SSSR count). The molecular formula is C20H20N2O4. The molecule has 6 heteroatoms. The Bertz CT molecular complexity index is 802. The molecule has 2 aromatic rings. The Balaban J connectivity index is 1.61. The van der Waals surface area contributed by atoms with Crippen LogP contribution in [-0.2, 0) is 20.9 Å². The van der Waals surface area contributed by atoms with Gasteiger partial charge in [0, 0.05) is 25.2 Å². The minimum Gasteiger partial charge on any atom is -0.465 e. The molecule has 2 amide bonds. The number of methoxy groups -OCH3 is 1. The van der Waals surface area contributed by atoms with Gasteiger partial charge in [-0.1, -0.05) is 30.3 Å². The maximum absolute atomic E-state index is 12.4. The topological polar surface area (TPSA) is 75.7 Å². The molecule has 0 spiro atoms. The summed E-state index contributed by atoms with van der Waals surface area (Å²) in [6.45, 7) is 0.773. The van der Waals surface area contributed by atoms with Crippen molar-refractivity contribution in [2.24, 2.45) is 5.92 Å². The van der Waals surface area contributed by atoms with Gasteiger partial charge in [-0.3, -0.25) is 9.59 Å². The van der Waals surface area contributed by atoms with Crippen molar-refractivity contribution in [3.8, 4) is 0 Å². The zero-order chi connectivity index (χ0) is 18.5. The summed E-state index contributed by atoms with van der Waals surface area (Å²) in [6, 6.07) is 16.2. The van der Waals surface area contributed by atoms with Crippen molar-refractivity contribution in [1.82, 2.24) is 5.32 Å². The summed E-state index contributed by atoms with van der Waals surface area (Å²) in [5, 5.41) is 2.89. The van der Waals surface area contributed by atoms with Crippen LogP contribution in [0.2, 0.25) is 0 Å². The number of carbonyl (C=O) groups excluding carboxylic acids is 3. The quantitative estimate of drug-likeness (QED) is 0.837. The maximum atomic E-state index is 12.4. The van der Waals surface area contributed by atoms with Gasteiger partial charge in [-0.25, -0.2) is 4.79 Å². The average Bonchev–Trinajstić information content (AvgIpc) is 3.08. The average molecular weight is 352 g/mol. The minimum atomic E-state index is -0.428. The molecule has 1 atom stereocenters. The summed E-state index contributed by atoms with van der Waals surface area (Å²) in [5.74, 6) is -1.04. The van der Waals surface area contributed by atoms with E-state index in [4.69, 9.17) is 0 Å². The van der Waals surface area contributed by atoms with E-state index < -0.39 is 5.97 Å². The van der Waals surface area contributed by atoms with Crippen molar-refractivity contribution in [3.05, 3.63) is 65.7 Å². The van der Waals surface area contributed by atoms with Crippen LogP contribution in [0, 0.1) is 5.92 Å². The third-order valence-corrected chi connectivity index (χ3v) is 4.41. The number of benzene rings is 2. The van der Waals surface area contributed by atoms with Gasteiger partial charge < -0.3 is 15.0 Å². The summed E-state index contributed by atoms with van der Waals surface area (Å²) >= 11 is 0. The first-order valence-corrected chi connectivity index (χ1v) is 8.39. The number of hydrogen-bond acceptors (Lipinski definition) is 4. The Morgan fingerprint density at radius 2 is 1.81 bits per heavy atom. The van der Waals surface area contributed by atoms with Crippen molar-refractivity contribution in [3.63, 3.8) is 0 Å². The number of carbonyl (C=O) groups is 3. The Hall–Kier alpha value is -3.15. The Morgan fingerprint density at radius 3 is 2.46 bits per heavy atom. The van der Waals surface area contributed by atoms with Crippen LogP contribution in [0.25, 0.3) is 0 Å². The van der Waals surface area contributed by atoms with Crippen LogP contribution in [0.3, 0.4) is 0 Å². The minimum absolute atomic E-state index is 0.101. The van der Waals surface area contributed by atoms with Gasteiger partial charge in [0.25, 0.3) is 0 Å². The summed E-state index contributed by atoms with van der Waals surface area (Å²) in [5.41, 5.74) is 2.10. The number of nitrogens with one attached hydrogen (secondary N) is 1. The predicted octanol–water partition coefficient (Wildman–Crippen LogP) is 2.14. The SMILES string of the molecule is COC(=O)c1ccc(N2CC(C(=O)NCc3ccccc3)CC2=O)cc1. The van der Waals surface area contributed by atoms with E-state index in [1.165, 1.54) is 7.11 Å². The number of anilines is 1. The van der Waals surface area contributed by atoms with Gasteiger partial charge in [0.1, 0.15) is 0 Å². The molecule has 6 nitrogen and oxygen atoms in total. The van der Waals surface area contributed by atoms with E-state index in [-0.39, 0.29) is 24.2 Å². The van der Waals surface area contributed by atoms with Crippen LogP contribution < -0.4 is 10.2 Å². The van der Waals surface area contributed by atoms with E-state index in [1.54, 1.807) is 29.2 Å². The molecule has 0 aliphatic carbocycles. The first-order chi connectivity index (χ1) is 12.6. The molecule has 1 fully saturated rings. The van der Waals surface area contributed by atoms with Gasteiger partial charge in [-0.05, 0) is 29.8 Å². The molecule has 2 aromatic carbocycles. The molecule has 0 radical (unpaired) electrons. The van der Waals surface area contributed by atoms with Crippen LogP contribution in [-0.4, -0.2) is 31.4 Å². The zero-order valence-corrected chi connectivity index (χ0v) is 14.5. The first-order valence-electron chi connectivity index (χ1n) is 8.39. The fraction of sp³-hybridized carbons (Fsp3) is 0.250. The van der Waals surface area contributed by atoms with E-state index in [1.807, 2.05) is 30.3 Å². The summed E-state index contributed by atoms with van der Waals surface area (Å²) in [6.07, 6.45) is 0.180. The number of nitrogens with zero attached hydrogens (tertiary/aromatic N) is 1. The van der Waals surface area contributed by atoms with Crippen LogP contribution in [0.4, 0.5) is 5.69 Å². The Morgan fingerprint density at radius 1 is 1.12 bits per heavy atom. The van der Waals surface area contributed by atoms with Crippen LogP contribution >= 0.6 is 0 Å². The number of rotatable bonds is 5. The van der Waals surface area contributed by atoms with Crippen LogP contribution in [0.1, 0.15) is 22.3 Å². The Kier molecular flexibility index (Phi) is 5.31.